The highest BCUT2D eigenvalue weighted by Crippen LogP contribution is 2.22. The molecule has 3 nitrogen and oxygen atoms in total. The molecule has 1 unspecified atom stereocenters. The molecule has 2 aromatic rings. The fourth-order valence-electron chi connectivity index (χ4n) is 2.15. The molecule has 0 aliphatic carbocycles. The summed E-state index contributed by atoms with van der Waals surface area (Å²) in [6, 6.07) is 16.1. The lowest BCUT2D eigenvalue weighted by Crippen LogP contribution is -2.15. The summed E-state index contributed by atoms with van der Waals surface area (Å²) < 4.78 is 5.17. The van der Waals surface area contributed by atoms with E-state index in [2.05, 4.69) is 24.3 Å². The Kier molecular flexibility index (Phi) is 4.42. The average Bonchev–Trinajstić information content (AvgIpc) is 2.47. The van der Waals surface area contributed by atoms with Gasteiger partial charge in [-0.3, -0.25) is 0 Å². The predicted molar refractivity (Wildman–Crippen MR) is 79.3 cm³/mol. The Morgan fingerprint density at radius 1 is 1.00 bits per heavy atom. The van der Waals surface area contributed by atoms with Gasteiger partial charge in [0.15, 0.2) is 0 Å². The maximum absolute atomic E-state index is 5.90. The minimum Gasteiger partial charge on any atom is -0.497 e. The number of anilines is 1. The van der Waals surface area contributed by atoms with Gasteiger partial charge in [-0.15, -0.1) is 0 Å². The monoisotopic (exact) mass is 256 g/mol. The van der Waals surface area contributed by atoms with Crippen molar-refractivity contribution in [1.29, 1.82) is 0 Å². The third-order valence-corrected chi connectivity index (χ3v) is 3.33. The SMILES string of the molecule is COc1ccc(C(CN)Cc2ccc(N)cc2)cc1. The van der Waals surface area contributed by atoms with Gasteiger partial charge >= 0.3 is 0 Å². The van der Waals surface area contributed by atoms with Crippen LogP contribution in [-0.2, 0) is 6.42 Å². The second kappa shape index (κ2) is 6.25. The van der Waals surface area contributed by atoms with Gasteiger partial charge in [0.05, 0.1) is 7.11 Å². The van der Waals surface area contributed by atoms with Crippen molar-refractivity contribution in [3.8, 4) is 5.75 Å². The molecule has 19 heavy (non-hydrogen) atoms. The van der Waals surface area contributed by atoms with Crippen LogP contribution in [0.5, 0.6) is 5.75 Å². The quantitative estimate of drug-likeness (QED) is 0.808. The standard InChI is InChI=1S/C16H20N2O/c1-19-16-8-4-13(5-9-16)14(11-17)10-12-2-6-15(18)7-3-12/h2-9,14H,10-11,17-18H2,1H3. The number of benzene rings is 2. The summed E-state index contributed by atoms with van der Waals surface area (Å²) in [7, 11) is 1.67. The second-order valence-corrected chi connectivity index (χ2v) is 4.65. The third-order valence-electron chi connectivity index (χ3n) is 3.33. The van der Waals surface area contributed by atoms with E-state index in [4.69, 9.17) is 16.2 Å². The van der Waals surface area contributed by atoms with E-state index in [0.717, 1.165) is 17.9 Å². The van der Waals surface area contributed by atoms with Gasteiger partial charge in [-0.2, -0.15) is 0 Å². The summed E-state index contributed by atoms with van der Waals surface area (Å²) in [5.41, 5.74) is 14.9. The fraction of sp³-hybridized carbons (Fsp3) is 0.250. The van der Waals surface area contributed by atoms with Crippen molar-refractivity contribution < 1.29 is 4.74 Å². The summed E-state index contributed by atoms with van der Waals surface area (Å²) in [6.45, 7) is 0.622. The van der Waals surface area contributed by atoms with Crippen molar-refractivity contribution in [2.75, 3.05) is 19.4 Å². The molecule has 3 heteroatoms. The molecule has 0 aliphatic rings. The van der Waals surface area contributed by atoms with E-state index in [1.54, 1.807) is 7.11 Å². The molecule has 0 spiro atoms. The van der Waals surface area contributed by atoms with Crippen LogP contribution in [-0.4, -0.2) is 13.7 Å². The first-order valence-corrected chi connectivity index (χ1v) is 6.41. The van der Waals surface area contributed by atoms with Gasteiger partial charge in [0, 0.05) is 11.6 Å². The number of nitrogen functional groups attached to an aromatic ring is 1. The van der Waals surface area contributed by atoms with Crippen LogP contribution >= 0.6 is 0 Å². The Hall–Kier alpha value is -2.00. The topological polar surface area (TPSA) is 61.3 Å². The van der Waals surface area contributed by atoms with Crippen molar-refractivity contribution in [3.63, 3.8) is 0 Å². The number of ether oxygens (including phenoxy) is 1. The summed E-state index contributed by atoms with van der Waals surface area (Å²) in [6.07, 6.45) is 0.920. The van der Waals surface area contributed by atoms with Crippen LogP contribution in [0.2, 0.25) is 0 Å². The van der Waals surface area contributed by atoms with Crippen LogP contribution in [0.25, 0.3) is 0 Å². The Balaban J connectivity index is 2.12. The molecular weight excluding hydrogens is 236 g/mol. The zero-order chi connectivity index (χ0) is 13.7. The highest BCUT2D eigenvalue weighted by molar-refractivity contribution is 5.40. The first-order chi connectivity index (χ1) is 9.22. The molecule has 0 aliphatic heterocycles. The molecule has 0 heterocycles. The highest BCUT2D eigenvalue weighted by Gasteiger charge is 2.10. The van der Waals surface area contributed by atoms with Crippen molar-refractivity contribution in [1.82, 2.24) is 0 Å². The van der Waals surface area contributed by atoms with Gasteiger partial charge in [-0.25, -0.2) is 0 Å². The molecule has 1 atom stereocenters. The molecule has 0 radical (unpaired) electrons. The minimum atomic E-state index is 0.314. The Morgan fingerprint density at radius 2 is 1.63 bits per heavy atom. The summed E-state index contributed by atoms with van der Waals surface area (Å²) in [5, 5.41) is 0. The average molecular weight is 256 g/mol. The molecule has 0 aromatic heterocycles. The van der Waals surface area contributed by atoms with Gasteiger partial charge < -0.3 is 16.2 Å². The zero-order valence-electron chi connectivity index (χ0n) is 11.2. The highest BCUT2D eigenvalue weighted by atomic mass is 16.5. The molecule has 4 N–H and O–H groups in total. The van der Waals surface area contributed by atoms with Gasteiger partial charge in [-0.1, -0.05) is 24.3 Å². The zero-order valence-corrected chi connectivity index (χ0v) is 11.2. The molecule has 2 aromatic carbocycles. The molecule has 2 rings (SSSR count). The lowest BCUT2D eigenvalue weighted by atomic mass is 9.92. The van der Waals surface area contributed by atoms with E-state index in [1.807, 2.05) is 24.3 Å². The Labute approximate surface area is 114 Å². The second-order valence-electron chi connectivity index (χ2n) is 4.65. The number of hydrogen-bond donors (Lipinski definition) is 2. The van der Waals surface area contributed by atoms with Gasteiger partial charge in [0.2, 0.25) is 0 Å². The third kappa shape index (κ3) is 3.48. The lowest BCUT2D eigenvalue weighted by Gasteiger charge is -2.16. The molecule has 0 fully saturated rings. The van der Waals surface area contributed by atoms with Crippen molar-refractivity contribution in [2.24, 2.45) is 5.73 Å². The van der Waals surface area contributed by atoms with Gasteiger partial charge in [0.1, 0.15) is 5.75 Å². The first-order valence-electron chi connectivity index (χ1n) is 6.41. The smallest absolute Gasteiger partial charge is 0.118 e. The fourth-order valence-corrected chi connectivity index (χ4v) is 2.15. The van der Waals surface area contributed by atoms with Crippen LogP contribution in [0.4, 0.5) is 5.69 Å². The molecule has 0 bridgehead atoms. The Morgan fingerprint density at radius 3 is 2.16 bits per heavy atom. The van der Waals surface area contributed by atoms with Crippen LogP contribution < -0.4 is 16.2 Å². The molecule has 100 valence electrons. The lowest BCUT2D eigenvalue weighted by molar-refractivity contribution is 0.414. The van der Waals surface area contributed by atoms with E-state index in [-0.39, 0.29) is 0 Å². The van der Waals surface area contributed by atoms with Crippen LogP contribution in [0.1, 0.15) is 17.0 Å². The summed E-state index contributed by atoms with van der Waals surface area (Å²) >= 11 is 0. The van der Waals surface area contributed by atoms with Crippen LogP contribution in [0.3, 0.4) is 0 Å². The summed E-state index contributed by atoms with van der Waals surface area (Å²) in [5.74, 6) is 1.18. The molecular formula is C16H20N2O. The maximum Gasteiger partial charge on any atom is 0.118 e. The van der Waals surface area contributed by atoms with Gasteiger partial charge in [0.25, 0.3) is 0 Å². The van der Waals surface area contributed by atoms with Crippen molar-refractivity contribution in [2.45, 2.75) is 12.3 Å². The van der Waals surface area contributed by atoms with E-state index >= 15 is 0 Å². The number of methoxy groups -OCH3 is 1. The van der Waals surface area contributed by atoms with Gasteiger partial charge in [-0.05, 0) is 48.4 Å². The molecule has 0 amide bonds. The Bertz CT molecular complexity index is 505. The number of nitrogens with two attached hydrogens (primary N) is 2. The number of hydrogen-bond acceptors (Lipinski definition) is 3. The summed E-state index contributed by atoms with van der Waals surface area (Å²) in [4.78, 5) is 0. The van der Waals surface area contributed by atoms with Crippen LogP contribution in [0.15, 0.2) is 48.5 Å². The predicted octanol–water partition coefficient (Wildman–Crippen LogP) is 2.56. The molecule has 0 saturated heterocycles. The minimum absolute atomic E-state index is 0.314. The van der Waals surface area contributed by atoms with E-state index in [0.29, 0.717) is 12.5 Å². The van der Waals surface area contributed by atoms with E-state index in [1.165, 1.54) is 11.1 Å². The normalized spacial score (nSPS) is 12.1. The molecule has 0 saturated carbocycles. The van der Waals surface area contributed by atoms with E-state index in [9.17, 15) is 0 Å². The largest absolute Gasteiger partial charge is 0.497 e. The van der Waals surface area contributed by atoms with E-state index < -0.39 is 0 Å². The van der Waals surface area contributed by atoms with Crippen molar-refractivity contribution in [3.05, 3.63) is 59.7 Å². The van der Waals surface area contributed by atoms with Crippen molar-refractivity contribution >= 4 is 5.69 Å². The van der Waals surface area contributed by atoms with Crippen LogP contribution in [0, 0.1) is 0 Å². The maximum atomic E-state index is 5.90. The number of rotatable bonds is 5. The first kappa shape index (κ1) is 13.4.